The van der Waals surface area contributed by atoms with Gasteiger partial charge < -0.3 is 14.8 Å². The topological polar surface area (TPSA) is 48.5 Å². The van der Waals surface area contributed by atoms with Crippen molar-refractivity contribution in [3.8, 4) is 5.75 Å². The first-order valence-electron chi connectivity index (χ1n) is 7.34. The number of benzene rings is 1. The predicted octanol–water partition coefficient (Wildman–Crippen LogP) is 2.81. The third-order valence-corrected chi connectivity index (χ3v) is 3.40. The molecule has 0 aliphatic heterocycles. The Labute approximate surface area is 126 Å². The van der Waals surface area contributed by atoms with Crippen LogP contribution in [0.5, 0.6) is 5.75 Å². The lowest BCUT2D eigenvalue weighted by Gasteiger charge is -2.23. The van der Waals surface area contributed by atoms with E-state index in [1.165, 1.54) is 0 Å². The van der Waals surface area contributed by atoms with E-state index in [2.05, 4.69) is 23.4 Å². The monoisotopic (exact) mass is 288 g/mol. The summed E-state index contributed by atoms with van der Waals surface area (Å²) in [6.07, 6.45) is 1.37. The largest absolute Gasteiger partial charge is 0.490 e. The van der Waals surface area contributed by atoms with Crippen LogP contribution < -0.4 is 4.74 Å². The number of likely N-dealkylation sites (N-methyl/N-ethyl adjacent to an activating group) is 1. The van der Waals surface area contributed by atoms with Gasteiger partial charge in [-0.15, -0.1) is 0 Å². The molecule has 4 heteroatoms. The Morgan fingerprint density at radius 3 is 2.95 bits per heavy atom. The number of H-pyrrole nitrogens is 1. The second-order valence-corrected chi connectivity index (χ2v) is 5.44. The lowest BCUT2D eigenvalue weighted by Crippen LogP contribution is -2.36. The molecule has 2 N–H and O–H groups in total. The van der Waals surface area contributed by atoms with Gasteiger partial charge in [0.15, 0.2) is 0 Å². The summed E-state index contributed by atoms with van der Waals surface area (Å²) in [5, 5.41) is 11.2. The van der Waals surface area contributed by atoms with Crippen LogP contribution in [-0.2, 0) is 0 Å². The van der Waals surface area contributed by atoms with Crippen molar-refractivity contribution in [2.45, 2.75) is 20.0 Å². The molecule has 0 amide bonds. The van der Waals surface area contributed by atoms with E-state index in [0.717, 1.165) is 35.3 Å². The van der Waals surface area contributed by atoms with Crippen LogP contribution in [0.25, 0.3) is 10.9 Å². The zero-order valence-electron chi connectivity index (χ0n) is 12.8. The minimum atomic E-state index is -0.515. The molecule has 0 spiro atoms. The van der Waals surface area contributed by atoms with E-state index in [9.17, 15) is 5.11 Å². The molecular weight excluding hydrogens is 264 g/mol. The number of aromatic nitrogens is 1. The fraction of sp³-hybridized carbons (Fsp3) is 0.412. The molecule has 1 heterocycles. The molecule has 4 nitrogen and oxygen atoms in total. The van der Waals surface area contributed by atoms with Crippen molar-refractivity contribution in [3.63, 3.8) is 0 Å². The van der Waals surface area contributed by atoms with Crippen LogP contribution in [0.15, 0.2) is 42.6 Å². The highest BCUT2D eigenvalue weighted by atomic mass is 16.5. The number of aliphatic hydroxyl groups excluding tert-OH is 1. The minimum Gasteiger partial charge on any atom is -0.490 e. The fourth-order valence-electron chi connectivity index (χ4n) is 2.41. The molecule has 0 aliphatic carbocycles. The third-order valence-electron chi connectivity index (χ3n) is 3.40. The van der Waals surface area contributed by atoms with Gasteiger partial charge in [0.1, 0.15) is 18.5 Å². The summed E-state index contributed by atoms with van der Waals surface area (Å²) in [6, 6.07) is 7.86. The summed E-state index contributed by atoms with van der Waals surface area (Å²) < 4.78 is 5.77. The molecule has 1 aromatic heterocycles. The molecule has 0 fully saturated rings. The summed E-state index contributed by atoms with van der Waals surface area (Å²) in [6.45, 7) is 10.6. The quantitative estimate of drug-likeness (QED) is 0.734. The van der Waals surface area contributed by atoms with Crippen molar-refractivity contribution in [3.05, 3.63) is 42.6 Å². The van der Waals surface area contributed by atoms with E-state index in [0.29, 0.717) is 6.54 Å². The molecular formula is C17H24N2O2. The Balaban J connectivity index is 1.90. The lowest BCUT2D eigenvalue weighted by molar-refractivity contribution is 0.0734. The highest BCUT2D eigenvalue weighted by Crippen LogP contribution is 2.24. The van der Waals surface area contributed by atoms with E-state index in [1.54, 1.807) is 0 Å². The molecule has 1 aromatic carbocycles. The summed E-state index contributed by atoms with van der Waals surface area (Å²) >= 11 is 0. The van der Waals surface area contributed by atoms with Gasteiger partial charge >= 0.3 is 0 Å². The first kappa shape index (κ1) is 15.6. The van der Waals surface area contributed by atoms with Crippen LogP contribution in [0.3, 0.4) is 0 Å². The van der Waals surface area contributed by atoms with Gasteiger partial charge in [-0.05, 0) is 31.7 Å². The molecule has 114 valence electrons. The summed E-state index contributed by atoms with van der Waals surface area (Å²) in [4.78, 5) is 5.31. The molecule has 0 bridgehead atoms. The molecule has 1 unspecified atom stereocenters. The van der Waals surface area contributed by atoms with Gasteiger partial charge in [-0.25, -0.2) is 0 Å². The summed E-state index contributed by atoms with van der Waals surface area (Å²) in [7, 11) is 0. The lowest BCUT2D eigenvalue weighted by atomic mass is 10.2. The van der Waals surface area contributed by atoms with Crippen LogP contribution in [0.4, 0.5) is 0 Å². The van der Waals surface area contributed by atoms with Crippen molar-refractivity contribution in [2.75, 3.05) is 26.2 Å². The highest BCUT2D eigenvalue weighted by Gasteiger charge is 2.12. The number of nitrogens with one attached hydrogen (secondary N) is 1. The second-order valence-electron chi connectivity index (χ2n) is 5.44. The SMILES string of the molecule is C=C(C)CN(CC)CC(O)COc1cccc2[nH]ccc12. The van der Waals surface area contributed by atoms with Crippen LogP contribution in [0.1, 0.15) is 13.8 Å². The van der Waals surface area contributed by atoms with E-state index in [-0.39, 0.29) is 6.61 Å². The van der Waals surface area contributed by atoms with Crippen molar-refractivity contribution in [1.82, 2.24) is 9.88 Å². The molecule has 2 aromatic rings. The van der Waals surface area contributed by atoms with Gasteiger partial charge in [-0.2, -0.15) is 0 Å². The Kier molecular flexibility index (Phi) is 5.42. The Morgan fingerprint density at radius 2 is 2.24 bits per heavy atom. The van der Waals surface area contributed by atoms with Gasteiger partial charge in [-0.1, -0.05) is 25.1 Å². The third kappa shape index (κ3) is 4.34. The number of ether oxygens (including phenoxy) is 1. The maximum atomic E-state index is 10.1. The number of fused-ring (bicyclic) bond motifs is 1. The average Bonchev–Trinajstić information content (AvgIpc) is 2.92. The zero-order valence-corrected chi connectivity index (χ0v) is 12.8. The van der Waals surface area contributed by atoms with Gasteiger partial charge in [0.05, 0.1) is 0 Å². The summed E-state index contributed by atoms with van der Waals surface area (Å²) in [5.74, 6) is 0.802. The Morgan fingerprint density at radius 1 is 1.43 bits per heavy atom. The number of hydrogen-bond donors (Lipinski definition) is 2. The van der Waals surface area contributed by atoms with Crippen molar-refractivity contribution in [2.24, 2.45) is 0 Å². The predicted molar refractivity (Wildman–Crippen MR) is 86.7 cm³/mol. The van der Waals surface area contributed by atoms with Crippen LogP contribution in [-0.4, -0.2) is 47.3 Å². The molecule has 21 heavy (non-hydrogen) atoms. The van der Waals surface area contributed by atoms with Crippen molar-refractivity contribution >= 4 is 10.9 Å². The normalized spacial score (nSPS) is 12.8. The molecule has 1 atom stereocenters. The molecule has 0 saturated heterocycles. The Bertz CT molecular complexity index is 591. The highest BCUT2D eigenvalue weighted by molar-refractivity contribution is 5.85. The minimum absolute atomic E-state index is 0.289. The van der Waals surface area contributed by atoms with Crippen molar-refractivity contribution in [1.29, 1.82) is 0 Å². The standard InChI is InChI=1S/C17H24N2O2/c1-4-19(10-13(2)3)11-14(20)12-21-17-7-5-6-16-15(17)8-9-18-16/h5-9,14,18,20H,2,4,10-12H2,1,3H3. The number of rotatable bonds is 8. The molecule has 0 radical (unpaired) electrons. The van der Waals surface area contributed by atoms with E-state index in [4.69, 9.17) is 4.74 Å². The smallest absolute Gasteiger partial charge is 0.128 e. The second kappa shape index (κ2) is 7.29. The molecule has 2 rings (SSSR count). The maximum absolute atomic E-state index is 10.1. The zero-order chi connectivity index (χ0) is 15.2. The number of aromatic amines is 1. The van der Waals surface area contributed by atoms with E-state index >= 15 is 0 Å². The average molecular weight is 288 g/mol. The first-order chi connectivity index (χ1) is 10.1. The van der Waals surface area contributed by atoms with Crippen LogP contribution >= 0.6 is 0 Å². The fourth-order valence-corrected chi connectivity index (χ4v) is 2.41. The van der Waals surface area contributed by atoms with Gasteiger partial charge in [-0.3, -0.25) is 4.90 Å². The molecule has 0 aliphatic rings. The van der Waals surface area contributed by atoms with Gasteiger partial charge in [0.25, 0.3) is 0 Å². The van der Waals surface area contributed by atoms with Crippen LogP contribution in [0.2, 0.25) is 0 Å². The van der Waals surface area contributed by atoms with Gasteiger partial charge in [0, 0.05) is 30.2 Å². The number of hydrogen-bond acceptors (Lipinski definition) is 3. The maximum Gasteiger partial charge on any atom is 0.128 e. The van der Waals surface area contributed by atoms with E-state index in [1.807, 2.05) is 37.4 Å². The van der Waals surface area contributed by atoms with Gasteiger partial charge in [0.2, 0.25) is 0 Å². The number of nitrogens with zero attached hydrogens (tertiary/aromatic N) is 1. The summed E-state index contributed by atoms with van der Waals surface area (Å²) in [5.41, 5.74) is 2.14. The van der Waals surface area contributed by atoms with E-state index < -0.39 is 6.10 Å². The first-order valence-corrected chi connectivity index (χ1v) is 7.34. The Hall–Kier alpha value is -1.78. The number of aliphatic hydroxyl groups is 1. The molecule has 0 saturated carbocycles. The van der Waals surface area contributed by atoms with Crippen LogP contribution in [0, 0.1) is 0 Å². The van der Waals surface area contributed by atoms with Crippen molar-refractivity contribution < 1.29 is 9.84 Å².